The Bertz CT molecular complexity index is 744. The second-order valence-electron chi connectivity index (χ2n) is 5.61. The Balaban J connectivity index is 1.85. The van der Waals surface area contributed by atoms with Crippen molar-refractivity contribution in [1.29, 1.82) is 0 Å². The van der Waals surface area contributed by atoms with E-state index in [1.165, 1.54) is 0 Å². The minimum absolute atomic E-state index is 0.302. The monoisotopic (exact) mass is 342 g/mol. The molecule has 25 heavy (non-hydrogen) atoms. The molecule has 0 aliphatic heterocycles. The summed E-state index contributed by atoms with van der Waals surface area (Å²) in [4.78, 5) is 25.8. The summed E-state index contributed by atoms with van der Waals surface area (Å²) >= 11 is 0. The Morgan fingerprint density at radius 1 is 1.08 bits per heavy atom. The summed E-state index contributed by atoms with van der Waals surface area (Å²) in [6, 6.07) is 14.4. The van der Waals surface area contributed by atoms with Crippen LogP contribution in [0.4, 0.5) is 5.69 Å². The highest BCUT2D eigenvalue weighted by Gasteiger charge is 2.11. The van der Waals surface area contributed by atoms with Crippen molar-refractivity contribution in [3.05, 3.63) is 59.7 Å². The van der Waals surface area contributed by atoms with E-state index in [4.69, 9.17) is 9.47 Å². The van der Waals surface area contributed by atoms with Crippen LogP contribution in [0, 0.1) is 0 Å². The lowest BCUT2D eigenvalue weighted by Gasteiger charge is -2.13. The first kappa shape index (κ1) is 18.3. The fraction of sp³-hybridized carbons (Fsp3) is 0.263. The van der Waals surface area contributed by atoms with Crippen molar-refractivity contribution in [3.63, 3.8) is 0 Å². The van der Waals surface area contributed by atoms with Crippen LogP contribution in [0.3, 0.4) is 0 Å². The second-order valence-corrected chi connectivity index (χ2v) is 5.61. The molecular weight excluding hydrogens is 320 g/mol. The molecule has 0 bridgehead atoms. The summed E-state index contributed by atoms with van der Waals surface area (Å²) in [7, 11) is 5.34. The quantitative estimate of drug-likeness (QED) is 0.782. The SMILES string of the molecule is COc1ccccc1CNC(=O)COC(=O)c1cccc(N(C)C)c1. The average molecular weight is 342 g/mol. The predicted molar refractivity (Wildman–Crippen MR) is 95.9 cm³/mol. The summed E-state index contributed by atoms with van der Waals surface area (Å²) in [5, 5.41) is 2.71. The van der Waals surface area contributed by atoms with Gasteiger partial charge in [-0.05, 0) is 24.3 Å². The van der Waals surface area contributed by atoms with Gasteiger partial charge in [-0.1, -0.05) is 24.3 Å². The molecule has 0 heterocycles. The number of para-hydroxylation sites is 1. The first-order valence-electron chi connectivity index (χ1n) is 7.84. The third-order valence-electron chi connectivity index (χ3n) is 3.60. The van der Waals surface area contributed by atoms with Crippen molar-refractivity contribution < 1.29 is 19.1 Å². The molecule has 2 rings (SSSR count). The van der Waals surface area contributed by atoms with Gasteiger partial charge in [-0.3, -0.25) is 4.79 Å². The minimum Gasteiger partial charge on any atom is -0.496 e. The van der Waals surface area contributed by atoms with Gasteiger partial charge in [-0.2, -0.15) is 0 Å². The van der Waals surface area contributed by atoms with Gasteiger partial charge in [-0.15, -0.1) is 0 Å². The fourth-order valence-corrected chi connectivity index (χ4v) is 2.22. The van der Waals surface area contributed by atoms with Crippen LogP contribution in [-0.2, 0) is 16.1 Å². The van der Waals surface area contributed by atoms with Crippen molar-refractivity contribution in [2.45, 2.75) is 6.54 Å². The van der Waals surface area contributed by atoms with E-state index in [1.807, 2.05) is 49.3 Å². The molecule has 2 aromatic rings. The minimum atomic E-state index is -0.531. The molecule has 1 amide bonds. The third kappa shape index (κ3) is 5.24. The lowest BCUT2D eigenvalue weighted by Crippen LogP contribution is -2.28. The second kappa shape index (κ2) is 8.73. The number of hydrogen-bond donors (Lipinski definition) is 1. The normalized spacial score (nSPS) is 10.0. The topological polar surface area (TPSA) is 67.9 Å². The molecule has 0 atom stereocenters. The number of esters is 1. The third-order valence-corrected chi connectivity index (χ3v) is 3.60. The largest absolute Gasteiger partial charge is 0.496 e. The summed E-state index contributed by atoms with van der Waals surface area (Å²) in [5.74, 6) is -0.209. The predicted octanol–water partition coefficient (Wildman–Crippen LogP) is 2.23. The van der Waals surface area contributed by atoms with E-state index in [2.05, 4.69) is 5.32 Å². The Morgan fingerprint density at radius 2 is 1.84 bits per heavy atom. The smallest absolute Gasteiger partial charge is 0.338 e. The maximum atomic E-state index is 12.1. The van der Waals surface area contributed by atoms with Crippen LogP contribution < -0.4 is 15.0 Å². The molecule has 0 aliphatic rings. The van der Waals surface area contributed by atoms with Crippen molar-refractivity contribution in [1.82, 2.24) is 5.32 Å². The fourth-order valence-electron chi connectivity index (χ4n) is 2.22. The standard InChI is InChI=1S/C19H22N2O4/c1-21(2)16-9-6-8-14(11-16)19(23)25-13-18(22)20-12-15-7-4-5-10-17(15)24-3/h4-11H,12-13H2,1-3H3,(H,20,22). The van der Waals surface area contributed by atoms with Gasteiger partial charge in [0.2, 0.25) is 0 Å². The number of methoxy groups -OCH3 is 1. The van der Waals surface area contributed by atoms with Crippen LogP contribution >= 0.6 is 0 Å². The Morgan fingerprint density at radius 3 is 2.56 bits per heavy atom. The maximum absolute atomic E-state index is 12.1. The average Bonchev–Trinajstić information content (AvgIpc) is 2.64. The highest BCUT2D eigenvalue weighted by atomic mass is 16.5. The van der Waals surface area contributed by atoms with Crippen molar-refractivity contribution in [2.75, 3.05) is 32.7 Å². The van der Waals surface area contributed by atoms with Gasteiger partial charge >= 0.3 is 5.97 Å². The van der Waals surface area contributed by atoms with Crippen molar-refractivity contribution >= 4 is 17.6 Å². The van der Waals surface area contributed by atoms with Gasteiger partial charge in [0.15, 0.2) is 6.61 Å². The molecule has 0 fully saturated rings. The van der Waals surface area contributed by atoms with Crippen LogP contribution in [-0.4, -0.2) is 39.7 Å². The number of anilines is 1. The summed E-state index contributed by atoms with van der Waals surface area (Å²) in [6.45, 7) is -0.0311. The zero-order valence-corrected chi connectivity index (χ0v) is 14.6. The number of ether oxygens (including phenoxy) is 2. The first-order valence-corrected chi connectivity index (χ1v) is 7.84. The number of carbonyl (C=O) groups is 2. The van der Waals surface area contributed by atoms with Gasteiger partial charge in [0.05, 0.1) is 12.7 Å². The highest BCUT2D eigenvalue weighted by molar-refractivity contribution is 5.92. The van der Waals surface area contributed by atoms with Gasteiger partial charge in [0.25, 0.3) is 5.91 Å². The molecule has 6 nitrogen and oxygen atoms in total. The van der Waals surface area contributed by atoms with Crippen LogP contribution in [0.1, 0.15) is 15.9 Å². The van der Waals surface area contributed by atoms with Crippen molar-refractivity contribution in [3.8, 4) is 5.75 Å². The van der Waals surface area contributed by atoms with E-state index in [9.17, 15) is 9.59 Å². The molecule has 0 saturated carbocycles. The van der Waals surface area contributed by atoms with E-state index in [0.717, 1.165) is 11.3 Å². The Kier molecular flexibility index (Phi) is 6.39. The molecule has 132 valence electrons. The van der Waals surface area contributed by atoms with Gasteiger partial charge < -0.3 is 19.7 Å². The number of benzene rings is 2. The molecule has 1 N–H and O–H groups in total. The summed E-state index contributed by atoms with van der Waals surface area (Å²) < 4.78 is 10.3. The van der Waals surface area contributed by atoms with Crippen molar-refractivity contribution in [2.24, 2.45) is 0 Å². The summed E-state index contributed by atoms with van der Waals surface area (Å²) in [6.07, 6.45) is 0. The number of hydrogen-bond acceptors (Lipinski definition) is 5. The summed E-state index contributed by atoms with van der Waals surface area (Å²) in [5.41, 5.74) is 2.14. The van der Waals surface area contributed by atoms with E-state index in [1.54, 1.807) is 25.3 Å². The Labute approximate surface area is 147 Å². The molecule has 6 heteroatoms. The molecule has 0 saturated heterocycles. The Hall–Kier alpha value is -3.02. The van der Waals surface area contributed by atoms with Crippen LogP contribution in [0.5, 0.6) is 5.75 Å². The molecule has 0 aromatic heterocycles. The lowest BCUT2D eigenvalue weighted by molar-refractivity contribution is -0.124. The van der Waals surface area contributed by atoms with E-state index in [-0.39, 0.29) is 12.5 Å². The maximum Gasteiger partial charge on any atom is 0.338 e. The van der Waals surface area contributed by atoms with Crippen LogP contribution in [0.25, 0.3) is 0 Å². The molecule has 0 unspecified atom stereocenters. The van der Waals surface area contributed by atoms with E-state index >= 15 is 0 Å². The van der Waals surface area contributed by atoms with Crippen LogP contribution in [0.15, 0.2) is 48.5 Å². The number of nitrogens with one attached hydrogen (secondary N) is 1. The highest BCUT2D eigenvalue weighted by Crippen LogP contribution is 2.17. The first-order chi connectivity index (χ1) is 12.0. The molecule has 0 radical (unpaired) electrons. The van der Waals surface area contributed by atoms with E-state index < -0.39 is 5.97 Å². The van der Waals surface area contributed by atoms with Gasteiger partial charge in [0, 0.05) is 31.9 Å². The number of amides is 1. The molecule has 2 aromatic carbocycles. The number of nitrogens with zero attached hydrogens (tertiary/aromatic N) is 1. The number of carbonyl (C=O) groups excluding carboxylic acids is 2. The lowest BCUT2D eigenvalue weighted by atomic mass is 10.2. The number of rotatable bonds is 7. The van der Waals surface area contributed by atoms with Gasteiger partial charge in [0.1, 0.15) is 5.75 Å². The van der Waals surface area contributed by atoms with Gasteiger partial charge in [-0.25, -0.2) is 4.79 Å². The molecule has 0 aliphatic carbocycles. The van der Waals surface area contributed by atoms with Crippen LogP contribution in [0.2, 0.25) is 0 Å². The van der Waals surface area contributed by atoms with E-state index in [0.29, 0.717) is 17.9 Å². The molecular formula is C19H22N2O4. The molecule has 0 spiro atoms. The zero-order chi connectivity index (χ0) is 18.2. The zero-order valence-electron chi connectivity index (χ0n) is 14.6.